The number of benzene rings is 1. The number of anilines is 1. The second-order valence-electron chi connectivity index (χ2n) is 6.66. The van der Waals surface area contributed by atoms with Crippen LogP contribution in [0.5, 0.6) is 11.6 Å². The summed E-state index contributed by atoms with van der Waals surface area (Å²) in [7, 11) is 0. The van der Waals surface area contributed by atoms with Gasteiger partial charge in [-0.2, -0.15) is 5.10 Å². The first kappa shape index (κ1) is 20.1. The summed E-state index contributed by atoms with van der Waals surface area (Å²) in [5.74, 6) is -0.994. The summed E-state index contributed by atoms with van der Waals surface area (Å²) < 4.78 is 26.4. The lowest BCUT2D eigenvalue weighted by Crippen LogP contribution is -2.15. The number of hydrogen-bond donors (Lipinski definition) is 2. The van der Waals surface area contributed by atoms with Crippen LogP contribution in [0.2, 0.25) is 0 Å². The summed E-state index contributed by atoms with van der Waals surface area (Å²) in [5, 5.41) is 13.6. The van der Waals surface area contributed by atoms with E-state index in [0.29, 0.717) is 22.3 Å². The van der Waals surface area contributed by atoms with Crippen LogP contribution in [0.25, 0.3) is 16.6 Å². The van der Waals surface area contributed by atoms with E-state index in [1.54, 1.807) is 48.3 Å². The number of nitrogens with zero attached hydrogens (tertiary/aromatic N) is 4. The number of rotatable bonds is 7. The van der Waals surface area contributed by atoms with Crippen LogP contribution in [0.3, 0.4) is 0 Å². The fraction of sp³-hybridized carbons (Fsp3) is 0.143. The molecule has 31 heavy (non-hydrogen) atoms. The predicted octanol–water partition coefficient (Wildman–Crippen LogP) is 3.14. The van der Waals surface area contributed by atoms with Crippen LogP contribution in [-0.4, -0.2) is 37.4 Å². The smallest absolute Gasteiger partial charge is 0.341 e. The lowest BCUT2D eigenvalue weighted by Gasteiger charge is -2.19. The number of hydrogen-bond acceptors (Lipinski definition) is 7. The van der Waals surface area contributed by atoms with E-state index in [2.05, 4.69) is 15.1 Å². The second kappa shape index (κ2) is 8.27. The molecule has 4 aromatic rings. The summed E-state index contributed by atoms with van der Waals surface area (Å²) in [5.41, 5.74) is 7.62. The van der Waals surface area contributed by atoms with Crippen molar-refractivity contribution in [3.8, 4) is 17.3 Å². The lowest BCUT2D eigenvalue weighted by molar-refractivity contribution is -0.139. The number of nitrogen functional groups attached to an aromatic ring is 1. The molecule has 3 aromatic heterocycles. The Morgan fingerprint density at radius 3 is 2.84 bits per heavy atom. The van der Waals surface area contributed by atoms with Crippen LogP contribution in [0.15, 0.2) is 54.9 Å². The zero-order valence-corrected chi connectivity index (χ0v) is 16.4. The van der Waals surface area contributed by atoms with Gasteiger partial charge < -0.3 is 20.3 Å². The van der Waals surface area contributed by atoms with Crippen molar-refractivity contribution in [2.24, 2.45) is 0 Å². The maximum Gasteiger partial charge on any atom is 0.341 e. The fourth-order valence-electron chi connectivity index (χ4n) is 3.05. The van der Waals surface area contributed by atoms with Crippen LogP contribution >= 0.6 is 0 Å². The predicted molar refractivity (Wildman–Crippen MR) is 110 cm³/mol. The van der Waals surface area contributed by atoms with Gasteiger partial charge in [0.15, 0.2) is 18.2 Å². The molecule has 10 heteroatoms. The Bertz CT molecular complexity index is 1250. The highest BCUT2D eigenvalue weighted by Gasteiger charge is 2.19. The Kier molecular flexibility index (Phi) is 5.35. The fourth-order valence-corrected chi connectivity index (χ4v) is 3.05. The van der Waals surface area contributed by atoms with E-state index in [1.807, 2.05) is 0 Å². The highest BCUT2D eigenvalue weighted by atomic mass is 19.1. The van der Waals surface area contributed by atoms with Crippen molar-refractivity contribution in [2.75, 3.05) is 12.3 Å². The standard InChI is InChI=1S/C21H18FN5O4/c1-12(31-17-10-13-9-14(22)3-4-15(13)25-21(17)23)20-16(27-8-2-7-24-27)5-6-18(26-20)30-11-19(28)29/h2-10,12H,11H2,1H3,(H2,23,25)(H,28,29). The van der Waals surface area contributed by atoms with Gasteiger partial charge in [0, 0.05) is 23.8 Å². The maximum absolute atomic E-state index is 13.6. The molecule has 158 valence electrons. The molecule has 0 radical (unpaired) electrons. The number of ether oxygens (including phenoxy) is 2. The molecular weight excluding hydrogens is 405 g/mol. The van der Waals surface area contributed by atoms with E-state index in [1.165, 1.54) is 18.2 Å². The van der Waals surface area contributed by atoms with Gasteiger partial charge in [-0.15, -0.1) is 0 Å². The van der Waals surface area contributed by atoms with Gasteiger partial charge >= 0.3 is 5.97 Å². The summed E-state index contributed by atoms with van der Waals surface area (Å²) >= 11 is 0. The Balaban J connectivity index is 1.70. The van der Waals surface area contributed by atoms with Crippen LogP contribution < -0.4 is 15.2 Å². The maximum atomic E-state index is 13.6. The van der Waals surface area contributed by atoms with Crippen molar-refractivity contribution in [1.29, 1.82) is 0 Å². The Morgan fingerprint density at radius 1 is 1.26 bits per heavy atom. The first-order valence-corrected chi connectivity index (χ1v) is 9.28. The van der Waals surface area contributed by atoms with Crippen LogP contribution in [0, 0.1) is 5.82 Å². The number of aliphatic carboxylic acids is 1. The molecule has 3 heterocycles. The zero-order valence-electron chi connectivity index (χ0n) is 16.4. The molecule has 3 N–H and O–H groups in total. The van der Waals surface area contributed by atoms with E-state index in [0.717, 1.165) is 0 Å². The molecule has 9 nitrogen and oxygen atoms in total. The number of aromatic nitrogens is 4. The van der Waals surface area contributed by atoms with Crippen molar-refractivity contribution in [2.45, 2.75) is 13.0 Å². The molecule has 0 spiro atoms. The number of nitrogens with two attached hydrogens (primary N) is 1. The number of pyridine rings is 2. The SMILES string of the molecule is CC(Oc1cc2cc(F)ccc2nc1N)c1nc(OCC(=O)O)ccc1-n1cccn1. The van der Waals surface area contributed by atoms with Gasteiger partial charge in [0.1, 0.15) is 17.6 Å². The van der Waals surface area contributed by atoms with Gasteiger partial charge in [-0.1, -0.05) is 0 Å². The molecule has 0 fully saturated rings. The van der Waals surface area contributed by atoms with Crippen molar-refractivity contribution >= 4 is 22.7 Å². The van der Waals surface area contributed by atoms with E-state index >= 15 is 0 Å². The van der Waals surface area contributed by atoms with Crippen LogP contribution in [0.1, 0.15) is 18.7 Å². The van der Waals surface area contributed by atoms with Gasteiger partial charge in [-0.3, -0.25) is 0 Å². The van der Waals surface area contributed by atoms with Crippen LogP contribution in [-0.2, 0) is 4.79 Å². The largest absolute Gasteiger partial charge is 0.480 e. The average molecular weight is 423 g/mol. The Labute approximate surface area is 175 Å². The Hall–Kier alpha value is -4.21. The second-order valence-corrected chi connectivity index (χ2v) is 6.66. The number of halogens is 1. The highest BCUT2D eigenvalue weighted by Crippen LogP contribution is 2.31. The quantitative estimate of drug-likeness (QED) is 0.464. The van der Waals surface area contributed by atoms with Gasteiger partial charge in [0.05, 0.1) is 11.2 Å². The summed E-state index contributed by atoms with van der Waals surface area (Å²) in [6.45, 7) is 1.21. The highest BCUT2D eigenvalue weighted by molar-refractivity contribution is 5.82. The van der Waals surface area contributed by atoms with E-state index in [9.17, 15) is 9.18 Å². The van der Waals surface area contributed by atoms with Gasteiger partial charge in [0.2, 0.25) is 5.88 Å². The zero-order chi connectivity index (χ0) is 22.0. The lowest BCUT2D eigenvalue weighted by atomic mass is 10.2. The van der Waals surface area contributed by atoms with E-state index in [4.69, 9.17) is 20.3 Å². The molecule has 0 aliphatic heterocycles. The molecule has 0 saturated carbocycles. The van der Waals surface area contributed by atoms with Gasteiger partial charge in [0.25, 0.3) is 0 Å². The molecule has 1 unspecified atom stereocenters. The number of fused-ring (bicyclic) bond motifs is 1. The minimum absolute atomic E-state index is 0.121. The minimum Gasteiger partial charge on any atom is -0.480 e. The number of carboxylic acid groups (broad SMARTS) is 1. The molecule has 0 aliphatic rings. The summed E-state index contributed by atoms with van der Waals surface area (Å²) in [4.78, 5) is 19.5. The number of carbonyl (C=O) groups is 1. The Morgan fingerprint density at radius 2 is 2.10 bits per heavy atom. The third-order valence-electron chi connectivity index (χ3n) is 4.43. The summed E-state index contributed by atoms with van der Waals surface area (Å²) in [6.07, 6.45) is 2.70. The minimum atomic E-state index is -1.12. The third-order valence-corrected chi connectivity index (χ3v) is 4.43. The molecule has 0 saturated heterocycles. The van der Waals surface area contributed by atoms with Crippen LogP contribution in [0.4, 0.5) is 10.2 Å². The first-order valence-electron chi connectivity index (χ1n) is 9.28. The normalized spacial score (nSPS) is 11.9. The van der Waals surface area contributed by atoms with Crippen molar-refractivity contribution in [1.82, 2.24) is 19.7 Å². The van der Waals surface area contributed by atoms with Gasteiger partial charge in [-0.25, -0.2) is 23.8 Å². The molecule has 0 aliphatic carbocycles. The molecule has 0 amide bonds. The molecule has 1 atom stereocenters. The van der Waals surface area contributed by atoms with Gasteiger partial charge in [-0.05, 0) is 43.3 Å². The van der Waals surface area contributed by atoms with E-state index < -0.39 is 24.5 Å². The van der Waals surface area contributed by atoms with Crippen molar-refractivity contribution in [3.05, 3.63) is 66.4 Å². The molecule has 0 bridgehead atoms. The summed E-state index contributed by atoms with van der Waals surface area (Å²) in [6, 6.07) is 10.8. The van der Waals surface area contributed by atoms with E-state index in [-0.39, 0.29) is 17.4 Å². The van der Waals surface area contributed by atoms with Crippen molar-refractivity contribution in [3.63, 3.8) is 0 Å². The topological polar surface area (TPSA) is 125 Å². The first-order chi connectivity index (χ1) is 14.9. The van der Waals surface area contributed by atoms with Crippen molar-refractivity contribution < 1.29 is 23.8 Å². The molecular formula is C21H18FN5O4. The molecule has 1 aromatic carbocycles. The third kappa shape index (κ3) is 4.37. The monoisotopic (exact) mass is 423 g/mol. The molecule has 4 rings (SSSR count). The number of carboxylic acids is 1. The average Bonchev–Trinajstić information content (AvgIpc) is 3.27.